The average Bonchev–Trinajstić information content (AvgIpc) is 3.15. The maximum atomic E-state index is 11.7. The van der Waals surface area contributed by atoms with Crippen molar-refractivity contribution in [2.75, 3.05) is 0 Å². The number of carbonyl (C=O) groups is 1. The van der Waals surface area contributed by atoms with Gasteiger partial charge in [-0.3, -0.25) is 14.9 Å². The van der Waals surface area contributed by atoms with E-state index in [1.807, 2.05) is 0 Å². The molecule has 1 aromatic carbocycles. The molecule has 2 rings (SSSR count). The van der Waals surface area contributed by atoms with E-state index in [9.17, 15) is 14.9 Å². The lowest BCUT2D eigenvalue weighted by molar-refractivity contribution is -0.385. The van der Waals surface area contributed by atoms with E-state index in [1.165, 1.54) is 18.2 Å². The molecule has 0 aliphatic heterocycles. The molecule has 1 amide bonds. The minimum absolute atomic E-state index is 0.0759. The molecule has 1 fully saturated rings. The fourth-order valence-corrected chi connectivity index (χ4v) is 1.83. The van der Waals surface area contributed by atoms with Crippen molar-refractivity contribution in [1.29, 1.82) is 0 Å². The Morgan fingerprint density at radius 1 is 1.58 bits per heavy atom. The molecule has 0 spiro atoms. The number of halogens is 1. The largest absolute Gasteiger partial charge is 0.479 e. The highest BCUT2D eigenvalue weighted by Gasteiger charge is 2.26. The molecule has 1 aliphatic rings. The van der Waals surface area contributed by atoms with Crippen LogP contribution < -0.4 is 10.1 Å². The van der Waals surface area contributed by atoms with Gasteiger partial charge in [0.05, 0.1) is 15.5 Å². The van der Waals surface area contributed by atoms with E-state index in [1.54, 1.807) is 6.92 Å². The fraction of sp³-hybridized carbons (Fsp3) is 0.417. The molecule has 1 aromatic rings. The molecule has 6 nitrogen and oxygen atoms in total. The summed E-state index contributed by atoms with van der Waals surface area (Å²) in [5, 5.41) is 13.5. The molecular weight excluding hydrogens is 316 g/mol. The van der Waals surface area contributed by atoms with Crippen LogP contribution in [0.5, 0.6) is 5.75 Å². The number of nitro groups is 1. The number of nitrogens with one attached hydrogen (secondary N) is 1. The molecule has 1 atom stereocenters. The second-order valence-corrected chi connectivity index (χ2v) is 5.27. The van der Waals surface area contributed by atoms with Gasteiger partial charge in [0.25, 0.3) is 11.6 Å². The number of hydrogen-bond donors (Lipinski definition) is 1. The highest BCUT2D eigenvalue weighted by atomic mass is 79.9. The number of non-ortho nitro benzene ring substituents is 1. The SMILES string of the molecule is CC(Oc1cc([N+](=O)[O-])ccc1Br)C(=O)NC1CC1. The lowest BCUT2D eigenvalue weighted by atomic mass is 10.3. The molecule has 1 unspecified atom stereocenters. The number of hydrogen-bond acceptors (Lipinski definition) is 4. The molecule has 102 valence electrons. The Bertz CT molecular complexity index is 516. The van der Waals surface area contributed by atoms with Gasteiger partial charge in [-0.1, -0.05) is 0 Å². The van der Waals surface area contributed by atoms with Crippen molar-refractivity contribution in [1.82, 2.24) is 5.32 Å². The molecule has 1 aliphatic carbocycles. The molecule has 0 aromatic heterocycles. The number of carbonyl (C=O) groups excluding carboxylic acids is 1. The van der Waals surface area contributed by atoms with E-state index >= 15 is 0 Å². The van der Waals surface area contributed by atoms with Crippen molar-refractivity contribution >= 4 is 27.5 Å². The monoisotopic (exact) mass is 328 g/mol. The summed E-state index contributed by atoms with van der Waals surface area (Å²) in [7, 11) is 0. The molecule has 1 saturated carbocycles. The maximum Gasteiger partial charge on any atom is 0.273 e. The molecule has 7 heteroatoms. The van der Waals surface area contributed by atoms with Crippen LogP contribution in [0.15, 0.2) is 22.7 Å². The van der Waals surface area contributed by atoms with Crippen molar-refractivity contribution in [3.05, 3.63) is 32.8 Å². The first kappa shape index (κ1) is 13.8. The Labute approximate surface area is 118 Å². The Kier molecular flexibility index (Phi) is 4.04. The van der Waals surface area contributed by atoms with Crippen LogP contribution in [0, 0.1) is 10.1 Å². The third-order valence-corrected chi connectivity index (χ3v) is 3.38. The van der Waals surface area contributed by atoms with Crippen LogP contribution in [0.1, 0.15) is 19.8 Å². The summed E-state index contributed by atoms with van der Waals surface area (Å²) in [4.78, 5) is 21.9. The highest BCUT2D eigenvalue weighted by molar-refractivity contribution is 9.10. The first-order valence-corrected chi connectivity index (χ1v) is 6.67. The summed E-state index contributed by atoms with van der Waals surface area (Å²) >= 11 is 3.24. The Balaban J connectivity index is 2.06. The van der Waals surface area contributed by atoms with Gasteiger partial charge >= 0.3 is 0 Å². The van der Waals surface area contributed by atoms with Crippen molar-refractivity contribution in [3.8, 4) is 5.75 Å². The third-order valence-electron chi connectivity index (χ3n) is 2.72. The van der Waals surface area contributed by atoms with E-state index < -0.39 is 11.0 Å². The van der Waals surface area contributed by atoms with E-state index in [0.29, 0.717) is 4.47 Å². The Hall–Kier alpha value is -1.63. The summed E-state index contributed by atoms with van der Waals surface area (Å²) in [6, 6.07) is 4.45. The van der Waals surface area contributed by atoms with Gasteiger partial charge in [0, 0.05) is 12.1 Å². The van der Waals surface area contributed by atoms with Crippen LogP contribution in [0.2, 0.25) is 0 Å². The van der Waals surface area contributed by atoms with Crippen LogP contribution in [0.25, 0.3) is 0 Å². The number of nitrogens with zero attached hydrogens (tertiary/aromatic N) is 1. The number of ether oxygens (including phenoxy) is 1. The fourth-order valence-electron chi connectivity index (χ4n) is 1.49. The van der Waals surface area contributed by atoms with E-state index in [0.717, 1.165) is 12.8 Å². The van der Waals surface area contributed by atoms with E-state index in [4.69, 9.17) is 4.74 Å². The summed E-state index contributed by atoms with van der Waals surface area (Å²) in [6.07, 6.45) is 1.30. The predicted octanol–water partition coefficient (Wildman–Crippen LogP) is 2.40. The van der Waals surface area contributed by atoms with Gasteiger partial charge < -0.3 is 10.1 Å². The van der Waals surface area contributed by atoms with Crippen molar-refractivity contribution in [3.63, 3.8) is 0 Å². The minimum atomic E-state index is -0.695. The first-order valence-electron chi connectivity index (χ1n) is 5.88. The third kappa shape index (κ3) is 3.66. The molecule has 0 saturated heterocycles. The first-order chi connectivity index (χ1) is 8.97. The zero-order valence-electron chi connectivity index (χ0n) is 10.3. The van der Waals surface area contributed by atoms with E-state index in [2.05, 4.69) is 21.2 Å². The quantitative estimate of drug-likeness (QED) is 0.664. The number of benzene rings is 1. The highest BCUT2D eigenvalue weighted by Crippen LogP contribution is 2.30. The van der Waals surface area contributed by atoms with Crippen LogP contribution >= 0.6 is 15.9 Å². The molecule has 0 radical (unpaired) electrons. The predicted molar refractivity (Wildman–Crippen MR) is 72.1 cm³/mol. The number of amides is 1. The van der Waals surface area contributed by atoms with Gasteiger partial charge in [0.2, 0.25) is 0 Å². The summed E-state index contributed by atoms with van der Waals surface area (Å²) in [5.74, 6) is 0.0774. The van der Waals surface area contributed by atoms with Gasteiger partial charge in [0.1, 0.15) is 5.75 Å². The van der Waals surface area contributed by atoms with E-state index in [-0.39, 0.29) is 23.4 Å². The Morgan fingerprint density at radius 3 is 2.84 bits per heavy atom. The lowest BCUT2D eigenvalue weighted by Crippen LogP contribution is -2.37. The van der Waals surface area contributed by atoms with Gasteiger partial charge in [-0.05, 0) is 41.8 Å². The molecule has 1 N–H and O–H groups in total. The summed E-state index contributed by atoms with van der Waals surface area (Å²) in [6.45, 7) is 1.61. The van der Waals surface area contributed by atoms with Crippen LogP contribution in [-0.2, 0) is 4.79 Å². The Morgan fingerprint density at radius 2 is 2.26 bits per heavy atom. The lowest BCUT2D eigenvalue weighted by Gasteiger charge is -2.15. The van der Waals surface area contributed by atoms with Gasteiger partial charge in [-0.15, -0.1) is 0 Å². The number of rotatable bonds is 5. The van der Waals surface area contributed by atoms with Crippen molar-refractivity contribution in [2.24, 2.45) is 0 Å². The number of nitro benzene ring substituents is 1. The maximum absolute atomic E-state index is 11.7. The van der Waals surface area contributed by atoms with Crippen LogP contribution in [0.3, 0.4) is 0 Å². The van der Waals surface area contributed by atoms with Gasteiger partial charge in [-0.25, -0.2) is 0 Å². The smallest absolute Gasteiger partial charge is 0.273 e. The van der Waals surface area contributed by atoms with Crippen LogP contribution in [-0.4, -0.2) is 23.0 Å². The second-order valence-electron chi connectivity index (χ2n) is 4.41. The minimum Gasteiger partial charge on any atom is -0.479 e. The van der Waals surface area contributed by atoms with Gasteiger partial charge in [-0.2, -0.15) is 0 Å². The normalized spacial score (nSPS) is 15.7. The molecular formula is C12H13BrN2O4. The van der Waals surface area contributed by atoms with Crippen molar-refractivity contribution in [2.45, 2.75) is 31.9 Å². The average molecular weight is 329 g/mol. The molecule has 19 heavy (non-hydrogen) atoms. The zero-order valence-corrected chi connectivity index (χ0v) is 11.8. The molecule has 0 heterocycles. The van der Waals surface area contributed by atoms with Gasteiger partial charge in [0.15, 0.2) is 6.10 Å². The summed E-state index contributed by atoms with van der Waals surface area (Å²) in [5.41, 5.74) is -0.0759. The standard InChI is InChI=1S/C12H13BrN2O4/c1-7(12(16)14-8-2-3-8)19-11-6-9(15(17)18)4-5-10(11)13/h4-8H,2-3H2,1H3,(H,14,16). The second kappa shape index (κ2) is 5.56. The van der Waals surface area contributed by atoms with Crippen LogP contribution in [0.4, 0.5) is 5.69 Å². The summed E-state index contributed by atoms with van der Waals surface area (Å²) < 4.78 is 6.04. The molecule has 0 bridgehead atoms. The topological polar surface area (TPSA) is 81.5 Å². The van der Waals surface area contributed by atoms with Crippen molar-refractivity contribution < 1.29 is 14.5 Å². The zero-order chi connectivity index (χ0) is 14.0.